The molecule has 0 aromatic rings. The van der Waals surface area contributed by atoms with Crippen LogP contribution < -0.4 is 5.32 Å². The molecule has 0 saturated carbocycles. The van der Waals surface area contributed by atoms with Crippen LogP contribution in [0.4, 0.5) is 0 Å². The van der Waals surface area contributed by atoms with Crippen LogP contribution in [0.25, 0.3) is 0 Å². The fraction of sp³-hybridized carbons (Fsp3) is 0.846. The molecule has 2 fully saturated rings. The first kappa shape index (κ1) is 13.3. The van der Waals surface area contributed by atoms with Crippen molar-refractivity contribution >= 4 is 11.9 Å². The van der Waals surface area contributed by atoms with E-state index in [4.69, 9.17) is 5.11 Å². The van der Waals surface area contributed by atoms with E-state index in [0.29, 0.717) is 13.0 Å². The van der Waals surface area contributed by atoms with Gasteiger partial charge in [-0.1, -0.05) is 19.3 Å². The third-order valence-corrected chi connectivity index (χ3v) is 3.93. The topological polar surface area (TPSA) is 69.6 Å². The Kier molecular flexibility index (Phi) is 4.58. The maximum atomic E-state index is 12.4. The van der Waals surface area contributed by atoms with E-state index in [9.17, 15) is 9.59 Å². The van der Waals surface area contributed by atoms with E-state index in [1.807, 2.05) is 0 Å². The van der Waals surface area contributed by atoms with Crippen LogP contribution in [0.3, 0.4) is 0 Å². The highest BCUT2D eigenvalue weighted by atomic mass is 16.4. The molecule has 2 aliphatic rings. The molecule has 2 aliphatic heterocycles. The molecule has 102 valence electrons. The van der Waals surface area contributed by atoms with Gasteiger partial charge in [-0.2, -0.15) is 0 Å². The number of amides is 1. The van der Waals surface area contributed by atoms with Gasteiger partial charge >= 0.3 is 5.97 Å². The van der Waals surface area contributed by atoms with Crippen LogP contribution in [-0.4, -0.2) is 47.1 Å². The van der Waals surface area contributed by atoms with Crippen molar-refractivity contribution in [3.8, 4) is 0 Å². The first-order chi connectivity index (χ1) is 8.70. The molecule has 0 aromatic heterocycles. The minimum atomic E-state index is -0.869. The number of carbonyl (C=O) groups excluding carboxylic acids is 1. The highest BCUT2D eigenvalue weighted by Crippen LogP contribution is 2.20. The Morgan fingerprint density at radius 3 is 2.61 bits per heavy atom. The summed E-state index contributed by atoms with van der Waals surface area (Å²) in [6.07, 6.45) is 6.77. The number of nitrogens with zero attached hydrogens (tertiary/aromatic N) is 1. The van der Waals surface area contributed by atoms with Gasteiger partial charge in [0.15, 0.2) is 0 Å². The Hall–Kier alpha value is -1.10. The third-order valence-electron chi connectivity index (χ3n) is 3.93. The first-order valence-corrected chi connectivity index (χ1v) is 6.97. The van der Waals surface area contributed by atoms with Gasteiger partial charge in [0.05, 0.1) is 6.04 Å². The number of hydrogen-bond donors (Lipinski definition) is 2. The van der Waals surface area contributed by atoms with Crippen molar-refractivity contribution in [1.29, 1.82) is 0 Å². The van der Waals surface area contributed by atoms with Gasteiger partial charge in [0, 0.05) is 6.54 Å². The summed E-state index contributed by atoms with van der Waals surface area (Å²) in [5.41, 5.74) is 0. The number of hydrogen-bond acceptors (Lipinski definition) is 3. The molecule has 2 heterocycles. The van der Waals surface area contributed by atoms with Crippen LogP contribution in [0.15, 0.2) is 0 Å². The molecule has 0 bridgehead atoms. The quantitative estimate of drug-likeness (QED) is 0.771. The number of aliphatic carboxylic acids is 1. The maximum Gasteiger partial charge on any atom is 0.326 e. The summed E-state index contributed by atoms with van der Waals surface area (Å²) in [6.45, 7) is 1.45. The second kappa shape index (κ2) is 6.18. The fourth-order valence-electron chi connectivity index (χ4n) is 2.90. The normalized spacial score (nSPS) is 29.7. The number of nitrogens with one attached hydrogen (secondary N) is 1. The zero-order chi connectivity index (χ0) is 13.0. The molecule has 0 spiro atoms. The summed E-state index contributed by atoms with van der Waals surface area (Å²) >= 11 is 0. The van der Waals surface area contributed by atoms with Gasteiger partial charge in [-0.05, 0) is 32.2 Å². The highest BCUT2D eigenvalue weighted by molar-refractivity contribution is 5.87. The van der Waals surface area contributed by atoms with E-state index in [0.717, 1.165) is 32.2 Å². The third kappa shape index (κ3) is 3.02. The zero-order valence-corrected chi connectivity index (χ0v) is 10.7. The van der Waals surface area contributed by atoms with Crippen LogP contribution in [0.5, 0.6) is 0 Å². The van der Waals surface area contributed by atoms with Crippen LogP contribution >= 0.6 is 0 Å². The summed E-state index contributed by atoms with van der Waals surface area (Å²) in [6, 6.07) is -0.782. The average Bonchev–Trinajstić information content (AvgIpc) is 2.76. The maximum absolute atomic E-state index is 12.4. The molecule has 5 nitrogen and oxygen atoms in total. The zero-order valence-electron chi connectivity index (χ0n) is 10.7. The molecule has 18 heavy (non-hydrogen) atoms. The molecule has 2 atom stereocenters. The van der Waals surface area contributed by atoms with Crippen LogP contribution in [0, 0.1) is 0 Å². The lowest BCUT2D eigenvalue weighted by molar-refractivity contribution is -0.149. The van der Waals surface area contributed by atoms with Crippen LogP contribution in [-0.2, 0) is 9.59 Å². The van der Waals surface area contributed by atoms with Crippen molar-refractivity contribution in [3.05, 3.63) is 0 Å². The molecule has 1 amide bonds. The molecule has 2 rings (SSSR count). The number of carbonyl (C=O) groups is 2. The number of carboxylic acid groups (broad SMARTS) is 1. The summed E-state index contributed by atoms with van der Waals surface area (Å²) in [4.78, 5) is 25.0. The minimum Gasteiger partial charge on any atom is -0.480 e. The molecule has 2 saturated heterocycles. The molecule has 0 aromatic carbocycles. The van der Waals surface area contributed by atoms with Gasteiger partial charge < -0.3 is 15.3 Å². The molecular weight excluding hydrogens is 232 g/mol. The lowest BCUT2D eigenvalue weighted by Crippen LogP contribution is -2.50. The van der Waals surface area contributed by atoms with E-state index in [2.05, 4.69) is 5.32 Å². The van der Waals surface area contributed by atoms with Crippen molar-refractivity contribution in [2.75, 3.05) is 13.1 Å². The number of carboxylic acids is 1. The van der Waals surface area contributed by atoms with E-state index >= 15 is 0 Å². The molecule has 0 radical (unpaired) electrons. The van der Waals surface area contributed by atoms with Gasteiger partial charge in [-0.25, -0.2) is 4.79 Å². The van der Waals surface area contributed by atoms with E-state index in [-0.39, 0.29) is 11.9 Å². The summed E-state index contributed by atoms with van der Waals surface area (Å²) in [5, 5.41) is 12.4. The summed E-state index contributed by atoms with van der Waals surface area (Å²) in [5.74, 6) is -0.881. The molecule has 0 aliphatic carbocycles. The Morgan fingerprint density at radius 2 is 1.83 bits per heavy atom. The lowest BCUT2D eigenvalue weighted by Gasteiger charge is -2.28. The van der Waals surface area contributed by atoms with Gasteiger partial charge in [0.25, 0.3) is 0 Å². The lowest BCUT2D eigenvalue weighted by atomic mass is 10.0. The first-order valence-electron chi connectivity index (χ1n) is 6.97. The Labute approximate surface area is 108 Å². The largest absolute Gasteiger partial charge is 0.480 e. The van der Waals surface area contributed by atoms with E-state index in [1.54, 1.807) is 4.90 Å². The van der Waals surface area contributed by atoms with Crippen molar-refractivity contribution in [2.24, 2.45) is 0 Å². The Morgan fingerprint density at radius 1 is 1.06 bits per heavy atom. The predicted molar refractivity (Wildman–Crippen MR) is 67.2 cm³/mol. The summed E-state index contributed by atoms with van der Waals surface area (Å²) in [7, 11) is 0. The van der Waals surface area contributed by atoms with Crippen molar-refractivity contribution < 1.29 is 14.7 Å². The highest BCUT2D eigenvalue weighted by Gasteiger charge is 2.36. The molecule has 2 N–H and O–H groups in total. The minimum absolute atomic E-state index is 0.0122. The molecule has 5 heteroatoms. The van der Waals surface area contributed by atoms with E-state index in [1.165, 1.54) is 12.8 Å². The smallest absolute Gasteiger partial charge is 0.326 e. The molecule has 1 unspecified atom stereocenters. The van der Waals surface area contributed by atoms with Gasteiger partial charge in [-0.3, -0.25) is 4.79 Å². The van der Waals surface area contributed by atoms with Crippen molar-refractivity contribution in [3.63, 3.8) is 0 Å². The van der Waals surface area contributed by atoms with E-state index < -0.39 is 12.0 Å². The average molecular weight is 254 g/mol. The SMILES string of the molecule is O=C(O)[C@H]1CCCN1C(=O)C1CCCCCCN1. The van der Waals surface area contributed by atoms with Gasteiger partial charge in [-0.15, -0.1) is 0 Å². The van der Waals surface area contributed by atoms with Crippen LogP contribution in [0.2, 0.25) is 0 Å². The van der Waals surface area contributed by atoms with Gasteiger partial charge in [0.1, 0.15) is 6.04 Å². The predicted octanol–water partition coefficient (Wildman–Crippen LogP) is 0.984. The second-order valence-corrected chi connectivity index (χ2v) is 5.24. The second-order valence-electron chi connectivity index (χ2n) is 5.24. The monoisotopic (exact) mass is 254 g/mol. The fourth-order valence-corrected chi connectivity index (χ4v) is 2.90. The van der Waals surface area contributed by atoms with Crippen molar-refractivity contribution in [1.82, 2.24) is 10.2 Å². The Bertz CT molecular complexity index is 311. The number of likely N-dealkylation sites (tertiary alicyclic amines) is 1. The van der Waals surface area contributed by atoms with Gasteiger partial charge in [0.2, 0.25) is 5.91 Å². The Balaban J connectivity index is 1.98. The molecular formula is C13H22N2O3. The van der Waals surface area contributed by atoms with Crippen molar-refractivity contribution in [2.45, 2.75) is 57.0 Å². The standard InChI is InChI=1S/C13H22N2O3/c16-12(10-6-3-1-2-4-8-14-10)15-9-5-7-11(15)13(17)18/h10-11,14H,1-9H2,(H,17,18)/t10?,11-/m1/s1. The number of rotatable bonds is 2. The summed E-state index contributed by atoms with van der Waals surface area (Å²) < 4.78 is 0. The van der Waals surface area contributed by atoms with Crippen LogP contribution in [0.1, 0.15) is 44.9 Å².